The largest absolute Gasteiger partial charge is 0.397 e. The minimum Gasteiger partial charge on any atom is -0.397 e. The van der Waals surface area contributed by atoms with Crippen LogP contribution in [0.25, 0.3) is 0 Å². The van der Waals surface area contributed by atoms with E-state index < -0.39 is 0 Å². The van der Waals surface area contributed by atoms with E-state index in [1.165, 1.54) is 0 Å². The number of hydrogen-bond acceptors (Lipinski definition) is 6. The highest BCUT2D eigenvalue weighted by molar-refractivity contribution is 14.1. The molecule has 0 aliphatic carbocycles. The lowest BCUT2D eigenvalue weighted by Crippen LogP contribution is -2.47. The van der Waals surface area contributed by atoms with Crippen LogP contribution in [0.2, 0.25) is 0 Å². The monoisotopic (exact) mass is 382 g/mol. The lowest BCUT2D eigenvalue weighted by atomic mass is 10.3. The Morgan fingerprint density at radius 1 is 0.900 bits per heavy atom. The van der Waals surface area contributed by atoms with Crippen LogP contribution in [-0.2, 0) is 0 Å². The number of aromatic nitrogens is 3. The molecule has 0 amide bonds. The van der Waals surface area contributed by atoms with Gasteiger partial charge in [0.25, 0.3) is 0 Å². The summed E-state index contributed by atoms with van der Waals surface area (Å²) >= 11 is 2.21. The predicted octanol–water partition coefficient (Wildman–Crippen LogP) is 1.39. The smallest absolute Gasteiger partial charge is 0.225 e. The summed E-state index contributed by atoms with van der Waals surface area (Å²) in [6.07, 6.45) is 5.39. The second-order valence-electron chi connectivity index (χ2n) is 4.63. The van der Waals surface area contributed by atoms with Crippen molar-refractivity contribution in [1.29, 1.82) is 0 Å². The maximum Gasteiger partial charge on any atom is 0.225 e. The van der Waals surface area contributed by atoms with Crippen molar-refractivity contribution in [1.82, 2.24) is 15.0 Å². The second-order valence-corrected chi connectivity index (χ2v) is 5.87. The molecule has 0 bridgehead atoms. The van der Waals surface area contributed by atoms with Gasteiger partial charge in [-0.05, 0) is 34.7 Å². The summed E-state index contributed by atoms with van der Waals surface area (Å²) in [5.41, 5.74) is 6.35. The molecule has 2 aromatic rings. The van der Waals surface area contributed by atoms with Crippen molar-refractivity contribution in [2.75, 3.05) is 41.7 Å². The van der Waals surface area contributed by atoms with E-state index in [2.05, 4.69) is 47.3 Å². The van der Waals surface area contributed by atoms with Gasteiger partial charge < -0.3 is 15.5 Å². The second kappa shape index (κ2) is 5.78. The molecule has 0 radical (unpaired) electrons. The van der Waals surface area contributed by atoms with Crippen molar-refractivity contribution in [2.45, 2.75) is 0 Å². The number of hydrogen-bond donors (Lipinski definition) is 1. The lowest BCUT2D eigenvalue weighted by Gasteiger charge is -2.35. The maximum absolute atomic E-state index is 5.66. The number of pyridine rings is 1. The lowest BCUT2D eigenvalue weighted by molar-refractivity contribution is 0.634. The standard InChI is InChI=1S/C13H15IN6/c14-10-7-17-13(18-8-10)20-5-3-19(4-6-20)12-2-1-11(15)9-16-12/h1-2,7-9H,3-6,15H2. The molecule has 2 N–H and O–H groups in total. The zero-order chi connectivity index (χ0) is 13.9. The van der Waals surface area contributed by atoms with Crippen molar-refractivity contribution in [3.05, 3.63) is 34.3 Å². The zero-order valence-corrected chi connectivity index (χ0v) is 13.1. The summed E-state index contributed by atoms with van der Waals surface area (Å²) < 4.78 is 1.05. The van der Waals surface area contributed by atoms with Gasteiger partial charge in [-0.3, -0.25) is 0 Å². The van der Waals surface area contributed by atoms with Crippen molar-refractivity contribution in [3.8, 4) is 0 Å². The SMILES string of the molecule is Nc1ccc(N2CCN(c3ncc(I)cn3)CC2)nc1. The molecule has 2 aromatic heterocycles. The molecule has 0 spiro atoms. The predicted molar refractivity (Wildman–Crippen MR) is 87.8 cm³/mol. The molecule has 0 aromatic carbocycles. The summed E-state index contributed by atoms with van der Waals surface area (Å²) in [6, 6.07) is 3.85. The molecule has 0 unspecified atom stereocenters. The van der Waals surface area contributed by atoms with Gasteiger partial charge in [0.1, 0.15) is 5.82 Å². The average Bonchev–Trinajstić information content (AvgIpc) is 2.49. The summed E-state index contributed by atoms with van der Waals surface area (Å²) in [7, 11) is 0. The Bertz CT molecular complexity index is 509. The van der Waals surface area contributed by atoms with E-state index in [0.717, 1.165) is 41.5 Å². The molecular weight excluding hydrogens is 367 g/mol. The van der Waals surface area contributed by atoms with Crippen LogP contribution in [0.4, 0.5) is 17.5 Å². The number of rotatable bonds is 2. The average molecular weight is 382 g/mol. The molecule has 7 heteroatoms. The normalized spacial score (nSPS) is 15.4. The Labute approximate surface area is 131 Å². The number of halogens is 1. The Morgan fingerprint density at radius 2 is 1.55 bits per heavy atom. The third-order valence-corrected chi connectivity index (χ3v) is 3.82. The third kappa shape index (κ3) is 2.92. The van der Waals surface area contributed by atoms with Crippen LogP contribution in [0.1, 0.15) is 0 Å². The number of nitrogens with two attached hydrogens (primary N) is 1. The fourth-order valence-electron chi connectivity index (χ4n) is 2.19. The van der Waals surface area contributed by atoms with Crippen molar-refractivity contribution >= 4 is 40.0 Å². The minimum absolute atomic E-state index is 0.694. The van der Waals surface area contributed by atoms with E-state index in [1.54, 1.807) is 6.20 Å². The van der Waals surface area contributed by atoms with Gasteiger partial charge in [0.15, 0.2) is 0 Å². The topological polar surface area (TPSA) is 71.2 Å². The summed E-state index contributed by atoms with van der Waals surface area (Å²) in [5, 5.41) is 0. The van der Waals surface area contributed by atoms with Gasteiger partial charge in [0.05, 0.1) is 11.9 Å². The Hall–Kier alpha value is -1.64. The van der Waals surface area contributed by atoms with Crippen molar-refractivity contribution in [3.63, 3.8) is 0 Å². The molecule has 104 valence electrons. The minimum atomic E-state index is 0.694. The van der Waals surface area contributed by atoms with Crippen LogP contribution < -0.4 is 15.5 Å². The molecule has 1 saturated heterocycles. The number of anilines is 3. The quantitative estimate of drug-likeness (QED) is 0.792. The van der Waals surface area contributed by atoms with Crippen LogP contribution >= 0.6 is 22.6 Å². The first-order valence-electron chi connectivity index (χ1n) is 6.41. The van der Waals surface area contributed by atoms with Gasteiger partial charge in [0, 0.05) is 42.1 Å². The van der Waals surface area contributed by atoms with Gasteiger partial charge in [-0.1, -0.05) is 0 Å². The molecule has 0 saturated carbocycles. The van der Waals surface area contributed by atoms with Gasteiger partial charge >= 0.3 is 0 Å². The van der Waals surface area contributed by atoms with Crippen LogP contribution in [0, 0.1) is 3.57 Å². The van der Waals surface area contributed by atoms with Crippen molar-refractivity contribution < 1.29 is 0 Å². The fraction of sp³-hybridized carbons (Fsp3) is 0.308. The Morgan fingerprint density at radius 3 is 2.15 bits per heavy atom. The van der Waals surface area contributed by atoms with Crippen LogP contribution in [0.15, 0.2) is 30.7 Å². The number of nitrogen functional groups attached to an aromatic ring is 1. The fourth-order valence-corrected chi connectivity index (χ4v) is 2.47. The van der Waals surface area contributed by atoms with Crippen molar-refractivity contribution in [2.24, 2.45) is 0 Å². The van der Waals surface area contributed by atoms with Crippen LogP contribution in [0.3, 0.4) is 0 Å². The first-order valence-corrected chi connectivity index (χ1v) is 7.49. The molecule has 20 heavy (non-hydrogen) atoms. The number of nitrogens with zero attached hydrogens (tertiary/aromatic N) is 5. The molecule has 0 atom stereocenters. The maximum atomic E-state index is 5.66. The molecule has 1 aliphatic rings. The molecule has 1 aliphatic heterocycles. The number of piperazine rings is 1. The van der Waals surface area contributed by atoms with Gasteiger partial charge in [0.2, 0.25) is 5.95 Å². The van der Waals surface area contributed by atoms with E-state index in [0.29, 0.717) is 5.69 Å². The summed E-state index contributed by atoms with van der Waals surface area (Å²) in [6.45, 7) is 3.61. The summed E-state index contributed by atoms with van der Waals surface area (Å²) in [4.78, 5) is 17.5. The summed E-state index contributed by atoms with van der Waals surface area (Å²) in [5.74, 6) is 1.78. The molecule has 3 rings (SSSR count). The van der Waals surface area contributed by atoms with E-state index in [1.807, 2.05) is 24.5 Å². The van der Waals surface area contributed by atoms with Gasteiger partial charge in [-0.15, -0.1) is 0 Å². The molecule has 1 fully saturated rings. The van der Waals surface area contributed by atoms with Gasteiger partial charge in [-0.2, -0.15) is 0 Å². The van der Waals surface area contributed by atoms with Crippen LogP contribution in [0.5, 0.6) is 0 Å². The Balaban J connectivity index is 1.64. The van der Waals surface area contributed by atoms with E-state index in [-0.39, 0.29) is 0 Å². The highest BCUT2D eigenvalue weighted by Gasteiger charge is 2.19. The van der Waals surface area contributed by atoms with Gasteiger partial charge in [-0.25, -0.2) is 15.0 Å². The third-order valence-electron chi connectivity index (χ3n) is 3.26. The zero-order valence-electron chi connectivity index (χ0n) is 10.9. The molecule has 3 heterocycles. The van der Waals surface area contributed by atoms with E-state index in [4.69, 9.17) is 5.73 Å². The van der Waals surface area contributed by atoms with Crippen LogP contribution in [-0.4, -0.2) is 41.1 Å². The highest BCUT2D eigenvalue weighted by Crippen LogP contribution is 2.17. The molecule has 6 nitrogen and oxygen atoms in total. The first-order chi connectivity index (χ1) is 9.72. The van der Waals surface area contributed by atoms with E-state index >= 15 is 0 Å². The molecular formula is C13H15IN6. The Kier molecular flexibility index (Phi) is 3.86. The van der Waals surface area contributed by atoms with E-state index in [9.17, 15) is 0 Å². The first kappa shape index (κ1) is 13.3. The highest BCUT2D eigenvalue weighted by atomic mass is 127.